The number of nitrogens with zero attached hydrogens (tertiary/aromatic N) is 4. The second kappa shape index (κ2) is 11.4. The van der Waals surface area contributed by atoms with Crippen molar-refractivity contribution in [1.29, 1.82) is 0 Å². The van der Waals surface area contributed by atoms with E-state index in [-0.39, 0.29) is 24.8 Å². The number of carbonyl (C=O) groups is 1. The molecule has 8 nitrogen and oxygen atoms in total. The number of ether oxygens (including phenoxy) is 1. The highest BCUT2D eigenvalue weighted by atomic mass is 19.3. The van der Waals surface area contributed by atoms with Gasteiger partial charge in [-0.05, 0) is 19.1 Å². The van der Waals surface area contributed by atoms with Crippen molar-refractivity contribution in [3.63, 3.8) is 0 Å². The number of aliphatic hydroxyl groups excluding tert-OH is 1. The standard InChI is InChI=1S/C22H18F5N5O2.CH4O/c1-12(32-7-5-22(26,27)14(11-32)13-4-6-28-8-13)21(33)31-17-9-30-18(10-29-17)34-16-3-2-15(23)19(24)20(16)25;1-2/h2-4,6,8-10,12,14H,5,7,11H2,1H3;2H,1H3/p+1. The summed E-state index contributed by atoms with van der Waals surface area (Å²) in [6, 6.07) is 0.857. The number of aromatic nitrogens is 2. The lowest BCUT2D eigenvalue weighted by atomic mass is 9.86. The van der Waals surface area contributed by atoms with Crippen molar-refractivity contribution in [2.75, 3.05) is 25.5 Å². The molecule has 3 heterocycles. The van der Waals surface area contributed by atoms with E-state index in [1.54, 1.807) is 11.8 Å². The van der Waals surface area contributed by atoms with Gasteiger partial charge in [0.15, 0.2) is 23.2 Å². The van der Waals surface area contributed by atoms with Crippen LogP contribution in [-0.2, 0) is 4.79 Å². The Balaban J connectivity index is 0.00000176. The molecule has 2 aromatic rings. The van der Waals surface area contributed by atoms with Crippen molar-refractivity contribution in [3.8, 4) is 11.6 Å². The van der Waals surface area contributed by atoms with Gasteiger partial charge in [-0.2, -0.15) is 4.39 Å². The van der Waals surface area contributed by atoms with Gasteiger partial charge in [0.25, 0.3) is 18.4 Å². The van der Waals surface area contributed by atoms with Crippen LogP contribution in [0.1, 0.15) is 13.3 Å². The van der Waals surface area contributed by atoms with Crippen LogP contribution in [-0.4, -0.2) is 70.5 Å². The molecule has 1 saturated heterocycles. The third-order valence-corrected chi connectivity index (χ3v) is 5.66. The van der Waals surface area contributed by atoms with E-state index >= 15 is 0 Å². The number of piperidine rings is 1. The largest absolute Gasteiger partial charge is 0.434 e. The van der Waals surface area contributed by atoms with Gasteiger partial charge in [-0.1, -0.05) is 0 Å². The number of nitrogens with one attached hydrogen (secondary N) is 1. The Morgan fingerprint density at radius 1 is 1.22 bits per heavy atom. The molecule has 13 heteroatoms. The van der Waals surface area contributed by atoms with Crippen molar-refractivity contribution in [1.82, 2.24) is 19.5 Å². The van der Waals surface area contributed by atoms with Gasteiger partial charge in [0.2, 0.25) is 17.6 Å². The summed E-state index contributed by atoms with van der Waals surface area (Å²) in [5.74, 6) is -9.81. The first kappa shape index (κ1) is 26.9. The molecule has 36 heavy (non-hydrogen) atoms. The topological polar surface area (TPSA) is 102 Å². The van der Waals surface area contributed by atoms with E-state index in [1.165, 1.54) is 18.5 Å². The number of anilines is 1. The summed E-state index contributed by atoms with van der Waals surface area (Å²) in [4.78, 5) is 22.1. The number of alkyl halides is 2. The number of hydrogen-bond acceptors (Lipinski definition) is 6. The van der Waals surface area contributed by atoms with Crippen molar-refractivity contribution in [3.05, 3.63) is 53.6 Å². The maximum Gasteiger partial charge on any atom is 0.296 e. The monoisotopic (exact) mass is 512 g/mol. The molecule has 0 radical (unpaired) electrons. The van der Waals surface area contributed by atoms with E-state index in [0.717, 1.165) is 25.6 Å². The van der Waals surface area contributed by atoms with E-state index in [9.17, 15) is 26.7 Å². The van der Waals surface area contributed by atoms with Gasteiger partial charge in [0.1, 0.15) is 0 Å². The molecule has 4 rings (SSSR count). The molecule has 2 N–H and O–H groups in total. The summed E-state index contributed by atoms with van der Waals surface area (Å²) >= 11 is 0. The number of allylic oxidation sites excluding steroid dienone is 1. The van der Waals surface area contributed by atoms with E-state index in [4.69, 9.17) is 9.84 Å². The normalized spacial score (nSPS) is 19.2. The van der Waals surface area contributed by atoms with Crippen LogP contribution in [0.4, 0.5) is 27.8 Å². The van der Waals surface area contributed by atoms with Crippen molar-refractivity contribution < 1.29 is 36.6 Å². The van der Waals surface area contributed by atoms with Gasteiger partial charge >= 0.3 is 0 Å². The lowest BCUT2D eigenvalue weighted by Gasteiger charge is -2.40. The highest BCUT2D eigenvalue weighted by Gasteiger charge is 2.48. The Morgan fingerprint density at radius 3 is 2.61 bits per heavy atom. The molecule has 1 fully saturated rings. The molecule has 0 bridgehead atoms. The number of likely N-dealkylation sites (tertiary alicyclic amines) is 1. The first-order valence-electron chi connectivity index (χ1n) is 10.7. The fourth-order valence-corrected chi connectivity index (χ4v) is 3.66. The molecule has 1 amide bonds. The molecule has 1 aromatic carbocycles. The highest BCUT2D eigenvalue weighted by Crippen LogP contribution is 2.38. The minimum Gasteiger partial charge on any atom is -0.434 e. The van der Waals surface area contributed by atoms with E-state index in [2.05, 4.69) is 20.0 Å². The summed E-state index contributed by atoms with van der Waals surface area (Å²) in [5, 5.41) is 9.54. The third kappa shape index (κ3) is 5.93. The van der Waals surface area contributed by atoms with Crippen LogP contribution in [0, 0.1) is 23.4 Å². The maximum atomic E-state index is 14.4. The fourth-order valence-electron chi connectivity index (χ4n) is 3.66. The van der Waals surface area contributed by atoms with Crippen LogP contribution in [0.25, 0.3) is 0 Å². The zero-order valence-corrected chi connectivity index (χ0v) is 19.3. The summed E-state index contributed by atoms with van der Waals surface area (Å²) in [6.45, 7) is 1.60. The Bertz CT molecular complexity index is 1200. The average molecular weight is 512 g/mol. The zero-order chi connectivity index (χ0) is 26.5. The van der Waals surface area contributed by atoms with Crippen LogP contribution >= 0.6 is 0 Å². The van der Waals surface area contributed by atoms with Crippen LogP contribution in [0.2, 0.25) is 0 Å². The summed E-state index contributed by atoms with van der Waals surface area (Å²) in [7, 11) is 1.00. The number of hydrogen-bond donors (Lipinski definition) is 2. The lowest BCUT2D eigenvalue weighted by Crippen LogP contribution is -2.53. The molecule has 2 unspecified atom stereocenters. The molecule has 0 aliphatic carbocycles. The summed E-state index contributed by atoms with van der Waals surface area (Å²) in [6.07, 6.45) is 6.18. The summed E-state index contributed by atoms with van der Waals surface area (Å²) < 4.78 is 77.8. The molecular formula is C23H23F5N5O3+. The number of benzene rings is 1. The average Bonchev–Trinajstić information content (AvgIpc) is 3.41. The van der Waals surface area contributed by atoms with Gasteiger partial charge in [0.05, 0.1) is 29.9 Å². The second-order valence-corrected chi connectivity index (χ2v) is 7.83. The quantitative estimate of drug-likeness (QED) is 0.351. The summed E-state index contributed by atoms with van der Waals surface area (Å²) in [5.41, 5.74) is 0.418. The molecule has 0 spiro atoms. The molecule has 2 aliphatic heterocycles. The number of halogens is 5. The van der Waals surface area contributed by atoms with Gasteiger partial charge < -0.3 is 15.2 Å². The number of rotatable bonds is 6. The minimum atomic E-state index is -2.91. The van der Waals surface area contributed by atoms with Crippen LogP contribution < -0.4 is 14.7 Å². The van der Waals surface area contributed by atoms with Crippen molar-refractivity contribution >= 4 is 24.2 Å². The number of aliphatic hydroxyl groups is 1. The maximum absolute atomic E-state index is 14.4. The second-order valence-electron chi connectivity index (χ2n) is 7.83. The van der Waals surface area contributed by atoms with Crippen LogP contribution in [0.5, 0.6) is 11.6 Å². The Hall–Kier alpha value is -3.67. The van der Waals surface area contributed by atoms with Crippen molar-refractivity contribution in [2.24, 2.45) is 5.92 Å². The SMILES string of the molecule is CC(C(=O)Nc1cnc(Oc2ccc(F)c(F)c2F)cn1)N1CCC(F)(F)C(C2=CC=[N+]=C2)C1.CO. The molecule has 2 atom stereocenters. The smallest absolute Gasteiger partial charge is 0.296 e. The fraction of sp³-hybridized carbons (Fsp3) is 0.348. The Kier molecular flexibility index (Phi) is 8.51. The number of amides is 1. The van der Waals surface area contributed by atoms with Crippen LogP contribution in [0.15, 0.2) is 36.2 Å². The van der Waals surface area contributed by atoms with Crippen LogP contribution in [0.3, 0.4) is 0 Å². The van der Waals surface area contributed by atoms with Gasteiger partial charge in [-0.25, -0.2) is 27.5 Å². The van der Waals surface area contributed by atoms with Gasteiger partial charge in [-0.15, -0.1) is 4.67 Å². The molecule has 1 aromatic heterocycles. The predicted octanol–water partition coefficient (Wildman–Crippen LogP) is 2.73. The van der Waals surface area contributed by atoms with Gasteiger partial charge in [-0.3, -0.25) is 9.69 Å². The van der Waals surface area contributed by atoms with E-state index < -0.39 is 53.4 Å². The Morgan fingerprint density at radius 2 is 1.97 bits per heavy atom. The first-order chi connectivity index (χ1) is 17.2. The minimum absolute atomic E-state index is 0.0223. The molecule has 0 saturated carbocycles. The Labute approximate surface area is 202 Å². The van der Waals surface area contributed by atoms with E-state index in [0.29, 0.717) is 11.6 Å². The molecular weight excluding hydrogens is 489 g/mol. The number of carbonyl (C=O) groups excluding carboxylic acids is 1. The van der Waals surface area contributed by atoms with E-state index in [1.807, 2.05) is 0 Å². The van der Waals surface area contributed by atoms with Crippen molar-refractivity contribution in [2.45, 2.75) is 25.3 Å². The lowest BCUT2D eigenvalue weighted by molar-refractivity contribution is -0.128. The third-order valence-electron chi connectivity index (χ3n) is 5.66. The molecule has 2 aliphatic rings. The highest BCUT2D eigenvalue weighted by molar-refractivity contribution is 5.94. The van der Waals surface area contributed by atoms with Gasteiger partial charge in [0, 0.05) is 32.7 Å². The predicted molar refractivity (Wildman–Crippen MR) is 122 cm³/mol. The zero-order valence-electron chi connectivity index (χ0n) is 19.3. The first-order valence-corrected chi connectivity index (χ1v) is 10.7. The molecule has 192 valence electrons.